The Labute approximate surface area is 230 Å². The molecule has 3 aromatic rings. The van der Waals surface area contributed by atoms with Crippen molar-refractivity contribution in [3.63, 3.8) is 0 Å². The Balaban J connectivity index is 1.67. The van der Waals surface area contributed by atoms with Crippen LogP contribution >= 0.6 is 0 Å². The first-order valence-corrected chi connectivity index (χ1v) is 12.9. The van der Waals surface area contributed by atoms with Crippen molar-refractivity contribution in [2.24, 2.45) is 0 Å². The summed E-state index contributed by atoms with van der Waals surface area (Å²) in [5.41, 5.74) is 0.0194. The maximum Gasteiger partial charge on any atom is 0.417 e. The van der Waals surface area contributed by atoms with Crippen molar-refractivity contribution in [2.75, 3.05) is 43.5 Å². The maximum atomic E-state index is 13.3. The predicted octanol–water partition coefficient (Wildman–Crippen LogP) is 5.38. The Kier molecular flexibility index (Phi) is 9.24. The molecule has 1 aromatic heterocycles. The molecular weight excluding hydrogens is 523 g/mol. The van der Waals surface area contributed by atoms with Gasteiger partial charge in [-0.05, 0) is 37.4 Å². The van der Waals surface area contributed by atoms with E-state index in [2.05, 4.69) is 45.3 Å². The summed E-state index contributed by atoms with van der Waals surface area (Å²) < 4.78 is 51.4. The quantitative estimate of drug-likeness (QED) is 0.258. The van der Waals surface area contributed by atoms with Gasteiger partial charge in [0.1, 0.15) is 24.0 Å². The van der Waals surface area contributed by atoms with Crippen LogP contribution in [-0.2, 0) is 15.7 Å². The minimum atomic E-state index is -4.57. The van der Waals surface area contributed by atoms with Crippen LogP contribution in [0.5, 0.6) is 5.75 Å². The molecule has 0 bridgehead atoms. The largest absolute Gasteiger partial charge is 0.486 e. The van der Waals surface area contributed by atoms with E-state index in [1.807, 2.05) is 0 Å². The molecule has 0 saturated carbocycles. The number of terminal acetylenes is 1. The summed E-state index contributed by atoms with van der Waals surface area (Å²) in [5.74, 6) is 2.49. The second-order valence-corrected chi connectivity index (χ2v) is 9.10. The molecule has 0 radical (unpaired) electrons. The van der Waals surface area contributed by atoms with Gasteiger partial charge in [0, 0.05) is 41.7 Å². The van der Waals surface area contributed by atoms with E-state index >= 15 is 0 Å². The van der Waals surface area contributed by atoms with Crippen molar-refractivity contribution in [1.82, 2.24) is 14.9 Å². The number of hydrogen-bond donors (Lipinski definition) is 2. The molecular formula is C29H30F3N5O3. The molecule has 4 rings (SSSR count). The minimum Gasteiger partial charge on any atom is -0.486 e. The number of amides is 1. The van der Waals surface area contributed by atoms with Gasteiger partial charge >= 0.3 is 6.18 Å². The summed E-state index contributed by atoms with van der Waals surface area (Å²) in [5, 5.41) is 6.42. The summed E-state index contributed by atoms with van der Waals surface area (Å²) in [4.78, 5) is 23.6. The van der Waals surface area contributed by atoms with Crippen LogP contribution in [0.25, 0.3) is 10.9 Å². The average Bonchev–Trinajstić information content (AvgIpc) is 3.44. The highest BCUT2D eigenvalue weighted by molar-refractivity contribution is 6.03. The number of benzene rings is 2. The van der Waals surface area contributed by atoms with Crippen molar-refractivity contribution in [3.8, 4) is 18.1 Å². The van der Waals surface area contributed by atoms with Gasteiger partial charge in [-0.15, -0.1) is 6.42 Å². The van der Waals surface area contributed by atoms with Gasteiger partial charge < -0.3 is 25.0 Å². The zero-order chi connectivity index (χ0) is 28.7. The first-order chi connectivity index (χ1) is 19.2. The van der Waals surface area contributed by atoms with E-state index in [0.29, 0.717) is 60.0 Å². The zero-order valence-corrected chi connectivity index (χ0v) is 22.2. The van der Waals surface area contributed by atoms with Crippen LogP contribution < -0.4 is 15.4 Å². The van der Waals surface area contributed by atoms with E-state index in [1.165, 1.54) is 24.5 Å². The molecule has 8 nitrogen and oxygen atoms in total. The lowest BCUT2D eigenvalue weighted by molar-refractivity contribution is -0.137. The molecule has 1 fully saturated rings. The molecule has 2 heterocycles. The molecule has 0 aliphatic carbocycles. The van der Waals surface area contributed by atoms with E-state index in [4.69, 9.17) is 15.9 Å². The van der Waals surface area contributed by atoms with Crippen LogP contribution in [0.4, 0.5) is 30.4 Å². The van der Waals surface area contributed by atoms with Gasteiger partial charge in [-0.2, -0.15) is 13.2 Å². The summed E-state index contributed by atoms with van der Waals surface area (Å²) >= 11 is 0. The summed E-state index contributed by atoms with van der Waals surface area (Å²) in [7, 11) is 0. The zero-order valence-electron chi connectivity index (χ0n) is 22.2. The summed E-state index contributed by atoms with van der Waals surface area (Å²) in [6.07, 6.45) is 5.88. The van der Waals surface area contributed by atoms with Gasteiger partial charge in [0.15, 0.2) is 0 Å². The van der Waals surface area contributed by atoms with Crippen LogP contribution in [-0.4, -0.2) is 59.7 Å². The Hall–Kier alpha value is -4.14. The maximum absolute atomic E-state index is 13.3. The van der Waals surface area contributed by atoms with Crippen LogP contribution in [0.3, 0.4) is 0 Å². The third kappa shape index (κ3) is 7.08. The Bertz CT molecular complexity index is 1420. The molecule has 0 unspecified atom stereocenters. The third-order valence-corrected chi connectivity index (χ3v) is 6.45. The van der Waals surface area contributed by atoms with Crippen LogP contribution in [0.15, 0.2) is 48.8 Å². The van der Waals surface area contributed by atoms with Gasteiger partial charge in [-0.1, -0.05) is 25.8 Å². The van der Waals surface area contributed by atoms with E-state index < -0.39 is 11.7 Å². The Morgan fingerprint density at radius 3 is 2.73 bits per heavy atom. The van der Waals surface area contributed by atoms with Crippen LogP contribution in [0.2, 0.25) is 0 Å². The van der Waals surface area contributed by atoms with Gasteiger partial charge in [-0.3, -0.25) is 4.79 Å². The number of hydrogen-bond acceptors (Lipinski definition) is 7. The van der Waals surface area contributed by atoms with E-state index in [-0.39, 0.29) is 17.6 Å². The molecule has 11 heteroatoms. The number of nitrogens with zero attached hydrogens (tertiary/aromatic N) is 3. The lowest BCUT2D eigenvalue weighted by atomic mass is 10.1. The standard InChI is InChI=1S/C29H30F3N5O3/c1-4-19-14-20(9-10-23(19)29(30,31)32)35-28-22-15-25(36-27(38)8-7-12-37(5-2)6-3)26(16-24(22)33-18-34-28)40-21-11-13-39-17-21/h1,7-10,14-16,18,21H,5-6,11-13,17H2,2-3H3,(H,36,38)(H,33,34,35)/t21-/m0/s1. The number of ether oxygens (including phenoxy) is 2. The molecule has 1 amide bonds. The molecule has 1 aliphatic rings. The van der Waals surface area contributed by atoms with Crippen LogP contribution in [0, 0.1) is 12.3 Å². The third-order valence-electron chi connectivity index (χ3n) is 6.45. The molecule has 1 atom stereocenters. The first-order valence-electron chi connectivity index (χ1n) is 12.9. The second kappa shape index (κ2) is 12.8. The fourth-order valence-electron chi connectivity index (χ4n) is 4.25. The molecule has 1 aliphatic heterocycles. The number of carbonyl (C=O) groups excluding carboxylic acids is 1. The molecule has 0 spiro atoms. The fourth-order valence-corrected chi connectivity index (χ4v) is 4.25. The molecule has 2 aromatic carbocycles. The monoisotopic (exact) mass is 553 g/mol. The highest BCUT2D eigenvalue weighted by atomic mass is 19.4. The normalized spacial score (nSPS) is 15.5. The number of alkyl halides is 3. The molecule has 1 saturated heterocycles. The molecule has 210 valence electrons. The van der Waals surface area contributed by atoms with Gasteiger partial charge in [0.25, 0.3) is 0 Å². The molecule has 2 N–H and O–H groups in total. The lowest BCUT2D eigenvalue weighted by Crippen LogP contribution is -2.23. The first kappa shape index (κ1) is 28.9. The van der Waals surface area contributed by atoms with Crippen LogP contribution in [0.1, 0.15) is 31.4 Å². The number of rotatable bonds is 10. The number of fused-ring (bicyclic) bond motifs is 1. The number of nitrogens with one attached hydrogen (secondary N) is 2. The van der Waals surface area contributed by atoms with Crippen molar-refractivity contribution >= 4 is 34.0 Å². The minimum absolute atomic E-state index is 0.180. The number of halogens is 3. The summed E-state index contributed by atoms with van der Waals surface area (Å²) in [6.45, 7) is 7.48. The molecule has 40 heavy (non-hydrogen) atoms. The second-order valence-electron chi connectivity index (χ2n) is 9.10. The number of likely N-dealkylation sites (N-methyl/N-ethyl adjacent to an activating group) is 1. The smallest absolute Gasteiger partial charge is 0.417 e. The van der Waals surface area contributed by atoms with Crippen molar-refractivity contribution in [1.29, 1.82) is 0 Å². The van der Waals surface area contributed by atoms with E-state index in [1.54, 1.807) is 18.2 Å². The number of carbonyl (C=O) groups is 1. The topological polar surface area (TPSA) is 88.6 Å². The van der Waals surface area contributed by atoms with E-state index in [9.17, 15) is 18.0 Å². The number of anilines is 3. The fraction of sp³-hybridized carbons (Fsp3) is 0.345. The van der Waals surface area contributed by atoms with Gasteiger partial charge in [0.05, 0.1) is 30.0 Å². The van der Waals surface area contributed by atoms with Crippen molar-refractivity contribution < 1.29 is 27.4 Å². The van der Waals surface area contributed by atoms with Gasteiger partial charge in [0.2, 0.25) is 5.91 Å². The van der Waals surface area contributed by atoms with Gasteiger partial charge in [-0.25, -0.2) is 9.97 Å². The van der Waals surface area contributed by atoms with Crippen molar-refractivity contribution in [3.05, 3.63) is 59.9 Å². The van der Waals surface area contributed by atoms with Crippen molar-refractivity contribution in [2.45, 2.75) is 32.5 Å². The predicted molar refractivity (Wildman–Crippen MR) is 148 cm³/mol. The average molecular weight is 554 g/mol. The Morgan fingerprint density at radius 1 is 1.25 bits per heavy atom. The highest BCUT2D eigenvalue weighted by Gasteiger charge is 2.33. The SMILES string of the molecule is C#Cc1cc(Nc2ncnc3cc(O[C@H]4CCOC4)c(NC(=O)C=CCN(CC)CC)cc23)ccc1C(F)(F)F. The van der Waals surface area contributed by atoms with E-state index in [0.717, 1.165) is 19.2 Å². The lowest BCUT2D eigenvalue weighted by Gasteiger charge is -2.18. The summed E-state index contributed by atoms with van der Waals surface area (Å²) in [6, 6.07) is 6.80. The number of aromatic nitrogens is 2. The highest BCUT2D eigenvalue weighted by Crippen LogP contribution is 2.36. The Morgan fingerprint density at radius 2 is 2.05 bits per heavy atom.